The fourth-order valence-electron chi connectivity index (χ4n) is 1.64. The second-order valence-electron chi connectivity index (χ2n) is 3.13. The van der Waals surface area contributed by atoms with Crippen LogP contribution < -0.4 is 5.73 Å². The molecule has 3 aromatic heterocycles. The molecule has 0 bridgehead atoms. The molecule has 70 valence electrons. The van der Waals surface area contributed by atoms with Crippen molar-refractivity contribution in [3.05, 3.63) is 12.5 Å². The number of hydrogen-bond donors (Lipinski definition) is 2. The summed E-state index contributed by atoms with van der Waals surface area (Å²) in [6.07, 6.45) is 3.31. The molecule has 0 saturated heterocycles. The van der Waals surface area contributed by atoms with Crippen molar-refractivity contribution in [3.8, 4) is 0 Å². The SMILES string of the molecule is Cn1nc(N)c2cnc3[nH]cnc1c32. The van der Waals surface area contributed by atoms with Crippen molar-refractivity contribution in [1.29, 1.82) is 0 Å². The predicted molar refractivity (Wildman–Crippen MR) is 52.6 cm³/mol. The molecule has 0 amide bonds. The van der Waals surface area contributed by atoms with Gasteiger partial charge in [-0.1, -0.05) is 0 Å². The van der Waals surface area contributed by atoms with E-state index in [0.29, 0.717) is 5.82 Å². The maximum atomic E-state index is 5.77. The Labute approximate surface area is 78.8 Å². The van der Waals surface area contributed by atoms with E-state index >= 15 is 0 Å². The van der Waals surface area contributed by atoms with Crippen molar-refractivity contribution >= 4 is 27.9 Å². The highest BCUT2D eigenvalue weighted by molar-refractivity contribution is 6.08. The lowest BCUT2D eigenvalue weighted by Gasteiger charge is -2.04. The highest BCUT2D eigenvalue weighted by Gasteiger charge is 2.11. The molecule has 3 aromatic rings. The summed E-state index contributed by atoms with van der Waals surface area (Å²) in [5.74, 6) is 0.476. The second kappa shape index (κ2) is 2.22. The molecule has 0 aliphatic carbocycles. The van der Waals surface area contributed by atoms with Crippen LogP contribution in [-0.4, -0.2) is 24.7 Å². The normalized spacial score (nSPS) is 11.5. The van der Waals surface area contributed by atoms with E-state index in [1.165, 1.54) is 0 Å². The van der Waals surface area contributed by atoms with E-state index in [1.54, 1.807) is 17.2 Å². The third-order valence-electron chi connectivity index (χ3n) is 2.28. The lowest BCUT2D eigenvalue weighted by atomic mass is 10.3. The molecule has 0 aliphatic rings. The zero-order chi connectivity index (χ0) is 9.71. The van der Waals surface area contributed by atoms with E-state index < -0.39 is 0 Å². The topological polar surface area (TPSA) is 85.4 Å². The number of nitrogen functional groups attached to an aromatic ring is 1. The van der Waals surface area contributed by atoms with Crippen LogP contribution in [0.4, 0.5) is 5.82 Å². The van der Waals surface area contributed by atoms with Crippen LogP contribution >= 0.6 is 0 Å². The number of hydrogen-bond acceptors (Lipinski definition) is 4. The minimum Gasteiger partial charge on any atom is -0.382 e. The molecule has 0 aromatic carbocycles. The van der Waals surface area contributed by atoms with E-state index in [2.05, 4.69) is 20.1 Å². The van der Waals surface area contributed by atoms with Gasteiger partial charge < -0.3 is 10.7 Å². The third-order valence-corrected chi connectivity index (χ3v) is 2.28. The summed E-state index contributed by atoms with van der Waals surface area (Å²) in [7, 11) is 1.81. The Morgan fingerprint density at radius 2 is 2.29 bits per heavy atom. The summed E-state index contributed by atoms with van der Waals surface area (Å²) in [6.45, 7) is 0. The van der Waals surface area contributed by atoms with Crippen molar-refractivity contribution in [1.82, 2.24) is 24.7 Å². The van der Waals surface area contributed by atoms with Crippen molar-refractivity contribution < 1.29 is 0 Å². The second-order valence-corrected chi connectivity index (χ2v) is 3.13. The van der Waals surface area contributed by atoms with Crippen molar-refractivity contribution in [2.45, 2.75) is 0 Å². The first-order chi connectivity index (χ1) is 6.77. The van der Waals surface area contributed by atoms with Crippen molar-refractivity contribution in [3.63, 3.8) is 0 Å². The van der Waals surface area contributed by atoms with Gasteiger partial charge in [0.25, 0.3) is 0 Å². The van der Waals surface area contributed by atoms with Crippen LogP contribution in [0.5, 0.6) is 0 Å². The number of aryl methyl sites for hydroxylation is 1. The molecule has 0 fully saturated rings. The number of nitrogens with two attached hydrogens (primary N) is 1. The van der Waals surface area contributed by atoms with Crippen LogP contribution in [0, 0.1) is 0 Å². The number of anilines is 1. The Kier molecular flexibility index (Phi) is 1.16. The van der Waals surface area contributed by atoms with Crippen LogP contribution in [0.15, 0.2) is 12.5 Å². The predicted octanol–water partition coefficient (Wildman–Crippen LogP) is 0.427. The van der Waals surface area contributed by atoms with E-state index in [1.807, 2.05) is 7.05 Å². The summed E-state index contributed by atoms with van der Waals surface area (Å²) in [5, 5.41) is 5.91. The fourth-order valence-corrected chi connectivity index (χ4v) is 1.64. The van der Waals surface area contributed by atoms with Gasteiger partial charge in [0.1, 0.15) is 5.65 Å². The summed E-state index contributed by atoms with van der Waals surface area (Å²) in [6, 6.07) is 0. The standard InChI is InChI=1S/C8H8N6/c1-14-8-5-4(6(9)13-14)2-10-7(5)11-3-12-8/h2-3H,1H3,(H2,9,13)(H,10,11,12). The number of nitrogens with one attached hydrogen (secondary N) is 1. The minimum absolute atomic E-state index is 0.476. The minimum atomic E-state index is 0.476. The Morgan fingerprint density at radius 3 is 3.14 bits per heavy atom. The molecule has 6 heteroatoms. The molecule has 6 nitrogen and oxygen atoms in total. The Hall–Kier alpha value is -2.11. The quantitative estimate of drug-likeness (QED) is 0.535. The molecule has 3 rings (SSSR count). The number of aromatic amines is 1. The summed E-state index contributed by atoms with van der Waals surface area (Å²) < 4.78 is 1.65. The van der Waals surface area contributed by atoms with Gasteiger partial charge in [-0.05, 0) is 0 Å². The Balaban J connectivity index is 2.73. The maximum absolute atomic E-state index is 5.77. The van der Waals surface area contributed by atoms with Gasteiger partial charge in [0.15, 0.2) is 11.5 Å². The van der Waals surface area contributed by atoms with Crippen LogP contribution in [0.2, 0.25) is 0 Å². The van der Waals surface area contributed by atoms with E-state index in [0.717, 1.165) is 22.1 Å². The molecule has 0 spiro atoms. The van der Waals surface area contributed by atoms with Crippen LogP contribution in [-0.2, 0) is 7.05 Å². The molecular weight excluding hydrogens is 180 g/mol. The first-order valence-electron chi connectivity index (χ1n) is 4.17. The largest absolute Gasteiger partial charge is 0.382 e. The van der Waals surface area contributed by atoms with Gasteiger partial charge in [0, 0.05) is 13.2 Å². The molecule has 0 radical (unpaired) electrons. The fraction of sp³-hybridized carbons (Fsp3) is 0.125. The highest BCUT2D eigenvalue weighted by atomic mass is 15.3. The zero-order valence-electron chi connectivity index (χ0n) is 7.52. The van der Waals surface area contributed by atoms with Gasteiger partial charge in [-0.3, -0.25) is 0 Å². The molecule has 3 N–H and O–H groups in total. The maximum Gasteiger partial charge on any atom is 0.162 e. The highest BCUT2D eigenvalue weighted by Crippen LogP contribution is 2.25. The average Bonchev–Trinajstić information content (AvgIpc) is 2.59. The first kappa shape index (κ1) is 7.31. The number of H-pyrrole nitrogens is 1. The van der Waals surface area contributed by atoms with Gasteiger partial charge in [-0.25, -0.2) is 14.6 Å². The number of nitrogens with zero attached hydrogens (tertiary/aromatic N) is 4. The number of aromatic nitrogens is 5. The molecule has 14 heavy (non-hydrogen) atoms. The van der Waals surface area contributed by atoms with Gasteiger partial charge in [0.05, 0.1) is 17.1 Å². The van der Waals surface area contributed by atoms with Crippen LogP contribution in [0.1, 0.15) is 0 Å². The van der Waals surface area contributed by atoms with Crippen LogP contribution in [0.3, 0.4) is 0 Å². The Bertz CT molecular complexity index is 619. The molecule has 0 unspecified atom stereocenters. The zero-order valence-corrected chi connectivity index (χ0v) is 7.52. The monoisotopic (exact) mass is 188 g/mol. The van der Waals surface area contributed by atoms with E-state index in [-0.39, 0.29) is 0 Å². The first-order valence-corrected chi connectivity index (χ1v) is 4.17. The molecule has 0 atom stereocenters. The smallest absolute Gasteiger partial charge is 0.162 e. The van der Waals surface area contributed by atoms with Gasteiger partial charge in [-0.15, -0.1) is 0 Å². The van der Waals surface area contributed by atoms with Crippen LogP contribution in [0.25, 0.3) is 22.1 Å². The van der Waals surface area contributed by atoms with Gasteiger partial charge in [-0.2, -0.15) is 5.10 Å². The summed E-state index contributed by atoms with van der Waals surface area (Å²) >= 11 is 0. The van der Waals surface area contributed by atoms with Gasteiger partial charge >= 0.3 is 0 Å². The Morgan fingerprint density at radius 1 is 1.43 bits per heavy atom. The molecule has 0 aliphatic heterocycles. The molecular formula is C8H8N6. The van der Waals surface area contributed by atoms with E-state index in [4.69, 9.17) is 5.73 Å². The third kappa shape index (κ3) is 0.723. The van der Waals surface area contributed by atoms with Crippen molar-refractivity contribution in [2.24, 2.45) is 7.05 Å². The molecule has 3 heterocycles. The average molecular weight is 188 g/mol. The summed E-state index contributed by atoms with van der Waals surface area (Å²) in [4.78, 5) is 11.3. The van der Waals surface area contributed by atoms with E-state index in [9.17, 15) is 0 Å². The lowest BCUT2D eigenvalue weighted by Crippen LogP contribution is -2.04. The molecule has 0 saturated carbocycles. The number of rotatable bonds is 0. The van der Waals surface area contributed by atoms with Crippen molar-refractivity contribution in [2.75, 3.05) is 5.73 Å². The lowest BCUT2D eigenvalue weighted by molar-refractivity contribution is 0.773. The van der Waals surface area contributed by atoms with Gasteiger partial charge in [0.2, 0.25) is 0 Å². The summed E-state index contributed by atoms with van der Waals surface area (Å²) in [5.41, 5.74) is 7.33.